The number of aromatic nitrogens is 2. The topological polar surface area (TPSA) is 59.2 Å². The van der Waals surface area contributed by atoms with E-state index < -0.39 is 0 Å². The molecule has 0 aliphatic carbocycles. The highest BCUT2D eigenvalue weighted by Gasteiger charge is 2.22. The summed E-state index contributed by atoms with van der Waals surface area (Å²) in [7, 11) is 1.81. The minimum atomic E-state index is -0.0560. The van der Waals surface area contributed by atoms with Crippen LogP contribution in [0.3, 0.4) is 0 Å². The number of hydrogen-bond acceptors (Lipinski definition) is 5. The number of pyridine rings is 1. The summed E-state index contributed by atoms with van der Waals surface area (Å²) in [4.78, 5) is 20.6. The molecular weight excluding hydrogens is 346 g/mol. The van der Waals surface area contributed by atoms with Crippen molar-refractivity contribution in [1.29, 1.82) is 0 Å². The molecule has 26 heavy (non-hydrogen) atoms. The average molecular weight is 369 g/mol. The summed E-state index contributed by atoms with van der Waals surface area (Å²) in [6, 6.07) is 10.1. The number of amides is 1. The van der Waals surface area contributed by atoms with Crippen molar-refractivity contribution in [2.75, 3.05) is 13.3 Å². The predicted molar refractivity (Wildman–Crippen MR) is 105 cm³/mol. The number of aryl methyl sites for hydroxylation is 1. The summed E-state index contributed by atoms with van der Waals surface area (Å²) in [6.45, 7) is 6.46. The van der Waals surface area contributed by atoms with Gasteiger partial charge in [0.1, 0.15) is 0 Å². The van der Waals surface area contributed by atoms with E-state index in [1.807, 2.05) is 40.1 Å². The van der Waals surface area contributed by atoms with Crippen LogP contribution < -0.4 is 0 Å². The number of hydrogen-bond donors (Lipinski definition) is 0. The molecule has 6 heteroatoms. The van der Waals surface area contributed by atoms with Crippen LogP contribution in [0.4, 0.5) is 0 Å². The maximum atomic E-state index is 13.1. The lowest BCUT2D eigenvalue weighted by Crippen LogP contribution is -2.26. The molecule has 3 rings (SSSR count). The summed E-state index contributed by atoms with van der Waals surface area (Å²) >= 11 is 1.70. The van der Waals surface area contributed by atoms with Gasteiger partial charge in [0.15, 0.2) is 0 Å². The molecule has 136 valence electrons. The first-order valence-electron chi connectivity index (χ1n) is 8.56. The largest absolute Gasteiger partial charge is 0.337 e. The summed E-state index contributed by atoms with van der Waals surface area (Å²) in [5.74, 6) is 0.139. The van der Waals surface area contributed by atoms with Crippen LogP contribution in [0.1, 0.15) is 47.1 Å². The molecule has 0 spiro atoms. The van der Waals surface area contributed by atoms with Gasteiger partial charge in [-0.2, -0.15) is 0 Å². The van der Waals surface area contributed by atoms with Crippen molar-refractivity contribution in [3.8, 4) is 0 Å². The number of nitrogens with zero attached hydrogens (tertiary/aromatic N) is 3. The van der Waals surface area contributed by atoms with Crippen molar-refractivity contribution in [1.82, 2.24) is 15.0 Å². The van der Waals surface area contributed by atoms with E-state index in [9.17, 15) is 4.79 Å². The Morgan fingerprint density at radius 1 is 1.27 bits per heavy atom. The van der Waals surface area contributed by atoms with Crippen molar-refractivity contribution < 1.29 is 9.32 Å². The Bertz CT molecular complexity index is 932. The van der Waals surface area contributed by atoms with Crippen molar-refractivity contribution in [3.05, 3.63) is 52.8 Å². The summed E-state index contributed by atoms with van der Waals surface area (Å²) < 4.78 is 5.32. The fourth-order valence-corrected chi connectivity index (χ4v) is 3.27. The van der Waals surface area contributed by atoms with E-state index in [4.69, 9.17) is 4.52 Å². The maximum absolute atomic E-state index is 13.1. The van der Waals surface area contributed by atoms with Gasteiger partial charge in [0.2, 0.25) is 0 Å². The van der Waals surface area contributed by atoms with E-state index in [2.05, 4.69) is 34.4 Å². The van der Waals surface area contributed by atoms with Gasteiger partial charge < -0.3 is 9.42 Å². The number of carbonyl (C=O) groups excluding carboxylic acids is 1. The highest BCUT2D eigenvalue weighted by Crippen LogP contribution is 2.26. The molecule has 0 atom stereocenters. The zero-order chi connectivity index (χ0) is 18.8. The van der Waals surface area contributed by atoms with E-state index in [0.29, 0.717) is 28.9 Å². The van der Waals surface area contributed by atoms with Gasteiger partial charge in [0, 0.05) is 24.2 Å². The Labute approximate surface area is 157 Å². The van der Waals surface area contributed by atoms with Gasteiger partial charge >= 0.3 is 0 Å². The number of fused-ring (bicyclic) bond motifs is 1. The van der Waals surface area contributed by atoms with Crippen LogP contribution in [-0.4, -0.2) is 34.3 Å². The number of carbonyl (C=O) groups is 1. The van der Waals surface area contributed by atoms with Gasteiger partial charge in [-0.25, -0.2) is 4.98 Å². The molecule has 2 aromatic heterocycles. The minimum absolute atomic E-state index is 0.0560. The second-order valence-corrected chi connectivity index (χ2v) is 7.59. The summed E-state index contributed by atoms with van der Waals surface area (Å²) in [5, 5.41) is 4.69. The molecule has 0 aliphatic rings. The smallest absolute Gasteiger partial charge is 0.259 e. The third kappa shape index (κ3) is 3.60. The monoisotopic (exact) mass is 369 g/mol. The minimum Gasteiger partial charge on any atom is -0.337 e. The molecule has 0 saturated heterocycles. The first-order chi connectivity index (χ1) is 12.4. The van der Waals surface area contributed by atoms with Crippen LogP contribution in [0.25, 0.3) is 11.1 Å². The Morgan fingerprint density at radius 3 is 2.58 bits per heavy atom. The number of rotatable bonds is 5. The second-order valence-electron chi connectivity index (χ2n) is 6.71. The first kappa shape index (κ1) is 18.5. The molecule has 5 nitrogen and oxygen atoms in total. The molecule has 0 bridgehead atoms. The highest BCUT2D eigenvalue weighted by molar-refractivity contribution is 7.98. The van der Waals surface area contributed by atoms with Crippen LogP contribution in [0.15, 0.2) is 39.8 Å². The molecule has 0 unspecified atom stereocenters. The standard InChI is InChI=1S/C20H23N3O2S/c1-12(2)17-10-16(18-13(3)22-25-19(18)21-17)20(24)23(4)11-14-6-8-15(26-5)9-7-14/h6-10,12H,11H2,1-5H3. The third-order valence-electron chi connectivity index (χ3n) is 4.38. The first-order valence-corrected chi connectivity index (χ1v) is 9.78. The van der Waals surface area contributed by atoms with Gasteiger partial charge in [-0.1, -0.05) is 31.1 Å². The Kier molecular flexibility index (Phi) is 5.32. The molecule has 0 fully saturated rings. The molecule has 2 heterocycles. The van der Waals surface area contributed by atoms with E-state index >= 15 is 0 Å². The summed E-state index contributed by atoms with van der Waals surface area (Å²) in [5.41, 5.74) is 3.63. The molecule has 1 aromatic carbocycles. The van der Waals surface area contributed by atoms with Crippen LogP contribution in [0.5, 0.6) is 0 Å². The second kappa shape index (κ2) is 7.50. The highest BCUT2D eigenvalue weighted by atomic mass is 32.2. The van der Waals surface area contributed by atoms with Crippen LogP contribution in [-0.2, 0) is 6.54 Å². The van der Waals surface area contributed by atoms with Crippen LogP contribution >= 0.6 is 11.8 Å². The maximum Gasteiger partial charge on any atom is 0.259 e. The molecular formula is C20H23N3O2S. The normalized spacial score (nSPS) is 11.3. The van der Waals surface area contributed by atoms with E-state index in [1.165, 1.54) is 4.90 Å². The van der Waals surface area contributed by atoms with Gasteiger partial charge in [-0.15, -0.1) is 11.8 Å². The van der Waals surface area contributed by atoms with Crippen molar-refractivity contribution >= 4 is 28.8 Å². The molecule has 0 N–H and O–H groups in total. The van der Waals surface area contributed by atoms with Gasteiger partial charge in [0.25, 0.3) is 11.6 Å². The number of thioether (sulfide) groups is 1. The Balaban J connectivity index is 1.93. The fraction of sp³-hybridized carbons (Fsp3) is 0.350. The van der Waals surface area contributed by atoms with Gasteiger partial charge in [0.05, 0.1) is 16.6 Å². The van der Waals surface area contributed by atoms with Crippen LogP contribution in [0.2, 0.25) is 0 Å². The van der Waals surface area contributed by atoms with Crippen LogP contribution in [0, 0.1) is 6.92 Å². The zero-order valence-corrected chi connectivity index (χ0v) is 16.6. The molecule has 1 amide bonds. The van der Waals surface area contributed by atoms with Crippen molar-refractivity contribution in [2.24, 2.45) is 0 Å². The lowest BCUT2D eigenvalue weighted by Gasteiger charge is -2.19. The Hall–Kier alpha value is -2.34. The Morgan fingerprint density at radius 2 is 1.96 bits per heavy atom. The lowest BCUT2D eigenvalue weighted by molar-refractivity contribution is 0.0786. The zero-order valence-electron chi connectivity index (χ0n) is 15.7. The molecule has 0 aliphatic heterocycles. The van der Waals surface area contributed by atoms with Gasteiger partial charge in [-0.3, -0.25) is 4.79 Å². The average Bonchev–Trinajstić information content (AvgIpc) is 3.02. The third-order valence-corrected chi connectivity index (χ3v) is 5.13. The van der Waals surface area contributed by atoms with E-state index in [0.717, 1.165) is 11.3 Å². The van der Waals surface area contributed by atoms with Crippen molar-refractivity contribution in [3.63, 3.8) is 0 Å². The van der Waals surface area contributed by atoms with E-state index in [-0.39, 0.29) is 11.8 Å². The van der Waals surface area contributed by atoms with Crippen molar-refractivity contribution in [2.45, 2.75) is 38.1 Å². The van der Waals surface area contributed by atoms with Gasteiger partial charge in [-0.05, 0) is 42.9 Å². The summed E-state index contributed by atoms with van der Waals surface area (Å²) in [6.07, 6.45) is 2.05. The molecule has 0 radical (unpaired) electrons. The predicted octanol–water partition coefficient (Wildman–Crippen LogP) is 4.65. The SMILES string of the molecule is CSc1ccc(CN(C)C(=O)c2cc(C(C)C)nc3onc(C)c23)cc1. The fourth-order valence-electron chi connectivity index (χ4n) is 2.86. The van der Waals surface area contributed by atoms with E-state index in [1.54, 1.807) is 16.7 Å². The quantitative estimate of drug-likeness (QED) is 0.613. The number of benzene rings is 1. The molecule has 3 aromatic rings. The molecule has 0 saturated carbocycles. The lowest BCUT2D eigenvalue weighted by atomic mass is 10.0.